The van der Waals surface area contributed by atoms with E-state index in [2.05, 4.69) is 5.32 Å². The first kappa shape index (κ1) is 28.5. The normalized spacial score (nSPS) is 15.0. The number of aryl methyl sites for hydroxylation is 1. The van der Waals surface area contributed by atoms with Gasteiger partial charge in [-0.3, -0.25) is 13.9 Å². The van der Waals surface area contributed by atoms with E-state index in [0.29, 0.717) is 17.9 Å². The van der Waals surface area contributed by atoms with Crippen LogP contribution in [0.3, 0.4) is 0 Å². The van der Waals surface area contributed by atoms with Gasteiger partial charge in [0.2, 0.25) is 21.8 Å². The van der Waals surface area contributed by atoms with Gasteiger partial charge < -0.3 is 15.0 Å². The third kappa shape index (κ3) is 7.71. The Kier molecular flexibility index (Phi) is 9.97. The third-order valence-electron chi connectivity index (χ3n) is 6.91. The summed E-state index contributed by atoms with van der Waals surface area (Å²) in [5, 5.41) is 3.15. The zero-order valence-corrected chi connectivity index (χ0v) is 23.1. The summed E-state index contributed by atoms with van der Waals surface area (Å²) in [6.07, 6.45) is 6.70. The molecule has 0 aliphatic heterocycles. The van der Waals surface area contributed by atoms with Crippen LogP contribution in [-0.4, -0.2) is 57.1 Å². The van der Waals surface area contributed by atoms with E-state index in [4.69, 9.17) is 4.74 Å². The molecule has 0 spiro atoms. The fourth-order valence-corrected chi connectivity index (χ4v) is 5.74. The predicted octanol–water partition coefficient (Wildman–Crippen LogP) is 4.03. The second-order valence-electron chi connectivity index (χ2n) is 9.69. The molecule has 0 radical (unpaired) electrons. The average molecular weight is 530 g/mol. The number of hydrogen-bond donors (Lipinski definition) is 1. The Morgan fingerprint density at radius 3 is 2.27 bits per heavy atom. The van der Waals surface area contributed by atoms with Gasteiger partial charge in [0.05, 0.1) is 19.1 Å². The highest BCUT2D eigenvalue weighted by Gasteiger charge is 2.33. The molecule has 2 amide bonds. The number of anilines is 1. The summed E-state index contributed by atoms with van der Waals surface area (Å²) in [5.41, 5.74) is 2.01. The number of sulfonamides is 1. The van der Waals surface area contributed by atoms with Crippen LogP contribution in [0.15, 0.2) is 48.5 Å². The molecule has 8 nitrogen and oxygen atoms in total. The number of methoxy groups -OCH3 is 1. The molecule has 9 heteroatoms. The van der Waals surface area contributed by atoms with Gasteiger partial charge >= 0.3 is 0 Å². The topological polar surface area (TPSA) is 96.0 Å². The molecule has 1 aliphatic carbocycles. The van der Waals surface area contributed by atoms with Crippen LogP contribution in [0.5, 0.6) is 5.75 Å². The minimum absolute atomic E-state index is 0.104. The van der Waals surface area contributed by atoms with Crippen LogP contribution in [-0.2, 0) is 26.2 Å². The van der Waals surface area contributed by atoms with Crippen molar-refractivity contribution in [3.05, 3.63) is 59.7 Å². The number of nitrogens with zero attached hydrogens (tertiary/aromatic N) is 2. The average Bonchev–Trinajstić information content (AvgIpc) is 2.88. The van der Waals surface area contributed by atoms with Gasteiger partial charge in [-0.1, -0.05) is 56.5 Å². The maximum Gasteiger partial charge on any atom is 0.244 e. The van der Waals surface area contributed by atoms with Gasteiger partial charge in [0, 0.05) is 12.6 Å². The summed E-state index contributed by atoms with van der Waals surface area (Å²) in [4.78, 5) is 28.8. The fraction of sp³-hybridized carbons (Fsp3) is 0.500. The van der Waals surface area contributed by atoms with Crippen LogP contribution >= 0.6 is 0 Å². The second kappa shape index (κ2) is 12.9. The number of ether oxygens (including phenoxy) is 1. The number of rotatable bonds is 11. The molecule has 3 rings (SSSR count). The molecular formula is C28H39N3O5S. The Hall–Kier alpha value is -3.07. The van der Waals surface area contributed by atoms with Crippen molar-refractivity contribution in [1.82, 2.24) is 10.2 Å². The first-order valence-corrected chi connectivity index (χ1v) is 14.7. The number of para-hydroxylation sites is 1. The van der Waals surface area contributed by atoms with E-state index in [-0.39, 0.29) is 18.5 Å². The van der Waals surface area contributed by atoms with Crippen LogP contribution in [0, 0.1) is 6.92 Å². The summed E-state index contributed by atoms with van der Waals surface area (Å²) >= 11 is 0. The number of amides is 2. The van der Waals surface area contributed by atoms with Gasteiger partial charge in [0.15, 0.2) is 0 Å². The Morgan fingerprint density at radius 2 is 1.70 bits per heavy atom. The van der Waals surface area contributed by atoms with Crippen molar-refractivity contribution in [1.29, 1.82) is 0 Å². The molecule has 1 atom stereocenters. The quantitative estimate of drug-likeness (QED) is 0.474. The smallest absolute Gasteiger partial charge is 0.244 e. The molecular weight excluding hydrogens is 490 g/mol. The highest BCUT2D eigenvalue weighted by molar-refractivity contribution is 7.92. The minimum atomic E-state index is -3.76. The first-order valence-electron chi connectivity index (χ1n) is 12.9. The van der Waals surface area contributed by atoms with E-state index in [9.17, 15) is 18.0 Å². The Bertz CT molecular complexity index is 1160. The van der Waals surface area contributed by atoms with Crippen molar-refractivity contribution in [2.75, 3.05) is 24.2 Å². The Labute approximate surface area is 221 Å². The Morgan fingerprint density at radius 1 is 1.05 bits per heavy atom. The molecule has 0 aromatic heterocycles. The largest absolute Gasteiger partial charge is 0.497 e. The number of carbonyl (C=O) groups is 2. The molecule has 0 saturated heterocycles. The van der Waals surface area contributed by atoms with Crippen molar-refractivity contribution in [2.45, 2.75) is 71.0 Å². The predicted molar refractivity (Wildman–Crippen MR) is 146 cm³/mol. The van der Waals surface area contributed by atoms with Crippen molar-refractivity contribution < 1.29 is 22.7 Å². The van der Waals surface area contributed by atoms with Crippen molar-refractivity contribution >= 4 is 27.5 Å². The maximum absolute atomic E-state index is 13.8. The zero-order chi connectivity index (χ0) is 27.0. The number of benzene rings is 2. The molecule has 1 fully saturated rings. The van der Waals surface area contributed by atoms with E-state index in [1.54, 1.807) is 44.4 Å². The highest BCUT2D eigenvalue weighted by Crippen LogP contribution is 2.24. The molecule has 1 saturated carbocycles. The SMILES string of the molecule is CCC(C(=O)NC1CCCCC1)N(Cc1ccc(OC)cc1)C(=O)CN(c1ccccc1C)S(C)(=O)=O. The molecule has 1 aliphatic rings. The molecule has 0 bridgehead atoms. The molecule has 0 heterocycles. The molecule has 2 aromatic carbocycles. The van der Waals surface area contributed by atoms with E-state index in [1.165, 1.54) is 11.3 Å². The molecule has 1 unspecified atom stereocenters. The maximum atomic E-state index is 13.8. The monoisotopic (exact) mass is 529 g/mol. The van der Waals surface area contributed by atoms with Crippen molar-refractivity contribution in [3.63, 3.8) is 0 Å². The van der Waals surface area contributed by atoms with Crippen LogP contribution in [0.25, 0.3) is 0 Å². The van der Waals surface area contributed by atoms with Crippen LogP contribution in [0.4, 0.5) is 5.69 Å². The lowest BCUT2D eigenvalue weighted by Crippen LogP contribution is -2.54. The first-order chi connectivity index (χ1) is 17.6. The van der Waals surface area contributed by atoms with Gasteiger partial charge in [-0.2, -0.15) is 0 Å². The highest BCUT2D eigenvalue weighted by atomic mass is 32.2. The summed E-state index contributed by atoms with van der Waals surface area (Å²) in [7, 11) is -2.18. The summed E-state index contributed by atoms with van der Waals surface area (Å²) in [5.74, 6) is 0.0553. The fourth-order valence-electron chi connectivity index (χ4n) is 4.83. The van der Waals surface area contributed by atoms with Gasteiger partial charge in [-0.05, 0) is 55.5 Å². The lowest BCUT2D eigenvalue weighted by atomic mass is 9.95. The van der Waals surface area contributed by atoms with Crippen LogP contribution in [0.2, 0.25) is 0 Å². The zero-order valence-electron chi connectivity index (χ0n) is 22.3. The third-order valence-corrected chi connectivity index (χ3v) is 8.04. The molecule has 1 N–H and O–H groups in total. The summed E-state index contributed by atoms with van der Waals surface area (Å²) in [6, 6.07) is 13.7. The number of hydrogen-bond acceptors (Lipinski definition) is 5. The van der Waals surface area contributed by atoms with Gasteiger partial charge in [0.1, 0.15) is 18.3 Å². The van der Waals surface area contributed by atoms with Crippen molar-refractivity contribution in [3.8, 4) is 5.75 Å². The lowest BCUT2D eigenvalue weighted by Gasteiger charge is -2.34. The standard InChI is InChI=1S/C28H39N3O5S/c1-5-25(28(33)29-23-12-7-6-8-13-23)30(19-22-15-17-24(36-3)18-16-22)27(32)20-31(37(4,34)35)26-14-10-9-11-21(26)2/h9-11,14-18,23,25H,5-8,12-13,19-20H2,1-4H3,(H,29,33). The second-order valence-corrected chi connectivity index (χ2v) is 11.6. The lowest BCUT2D eigenvalue weighted by molar-refractivity contribution is -0.140. The summed E-state index contributed by atoms with van der Waals surface area (Å²) < 4.78 is 31.9. The number of nitrogens with one attached hydrogen (secondary N) is 1. The van der Waals surface area contributed by atoms with Gasteiger partial charge in [-0.15, -0.1) is 0 Å². The van der Waals surface area contributed by atoms with Gasteiger partial charge in [-0.25, -0.2) is 8.42 Å². The van der Waals surface area contributed by atoms with Crippen LogP contribution in [0.1, 0.15) is 56.6 Å². The van der Waals surface area contributed by atoms with Gasteiger partial charge in [0.25, 0.3) is 0 Å². The molecule has 37 heavy (non-hydrogen) atoms. The summed E-state index contributed by atoms with van der Waals surface area (Å²) in [6.45, 7) is 3.45. The van der Waals surface area contributed by atoms with Crippen molar-refractivity contribution in [2.24, 2.45) is 0 Å². The molecule has 202 valence electrons. The Balaban J connectivity index is 1.92. The van der Waals surface area contributed by atoms with E-state index >= 15 is 0 Å². The van der Waals surface area contributed by atoms with E-state index < -0.39 is 28.5 Å². The van der Waals surface area contributed by atoms with E-state index in [1.807, 2.05) is 25.1 Å². The number of carbonyl (C=O) groups excluding carboxylic acids is 2. The van der Waals surface area contributed by atoms with E-state index in [0.717, 1.165) is 47.4 Å². The van der Waals surface area contributed by atoms with Crippen LogP contribution < -0.4 is 14.4 Å². The molecule has 2 aromatic rings. The minimum Gasteiger partial charge on any atom is -0.497 e.